The Hall–Kier alpha value is -3.54. The maximum atomic E-state index is 5.70. The third-order valence-corrected chi connectivity index (χ3v) is 4.36. The first-order valence-electron chi connectivity index (χ1n) is 9.56. The van der Waals surface area contributed by atoms with Crippen LogP contribution in [0.5, 0.6) is 0 Å². The number of nitrogens with two attached hydrogens (primary N) is 1. The van der Waals surface area contributed by atoms with Crippen molar-refractivity contribution in [3.05, 3.63) is 78.1 Å². The maximum Gasteiger partial charge on any atom is 0.159 e. The summed E-state index contributed by atoms with van der Waals surface area (Å²) in [6, 6.07) is 17.8. The van der Waals surface area contributed by atoms with Crippen molar-refractivity contribution in [3.8, 4) is 11.4 Å². The predicted octanol–water partition coefficient (Wildman–Crippen LogP) is 3.89. The van der Waals surface area contributed by atoms with Gasteiger partial charge in [0.2, 0.25) is 0 Å². The normalized spacial score (nSPS) is 12.1. The van der Waals surface area contributed by atoms with E-state index in [4.69, 9.17) is 5.73 Å². The van der Waals surface area contributed by atoms with Crippen molar-refractivity contribution in [3.63, 3.8) is 0 Å². The Bertz CT molecular complexity index is 978. The van der Waals surface area contributed by atoms with Crippen molar-refractivity contribution in [2.45, 2.75) is 26.9 Å². The van der Waals surface area contributed by atoms with Gasteiger partial charge in [0.1, 0.15) is 0 Å². The molecule has 0 saturated heterocycles. The van der Waals surface area contributed by atoms with Crippen molar-refractivity contribution >= 4 is 17.2 Å². The molecule has 3 rings (SSSR count). The lowest BCUT2D eigenvalue weighted by Gasteiger charge is -2.07. The lowest BCUT2D eigenvalue weighted by Crippen LogP contribution is -2.26. The van der Waals surface area contributed by atoms with E-state index in [0.29, 0.717) is 19.6 Å². The van der Waals surface area contributed by atoms with E-state index in [0.717, 1.165) is 39.7 Å². The molecule has 1 heterocycles. The first-order valence-corrected chi connectivity index (χ1v) is 9.56. The molecule has 2 aromatic carbocycles. The molecular formula is C23H26N6. The average molecular weight is 387 g/mol. The summed E-state index contributed by atoms with van der Waals surface area (Å²) < 4.78 is 0. The number of aromatic nitrogens is 2. The number of nitrogens with zero attached hydrogens (tertiary/aromatic N) is 4. The fraction of sp³-hybridized carbons (Fsp3) is 0.217. The smallest absolute Gasteiger partial charge is 0.159 e. The fourth-order valence-electron chi connectivity index (χ4n) is 2.68. The number of nitrogens with one attached hydrogen (secondary N) is 1. The predicted molar refractivity (Wildman–Crippen MR) is 120 cm³/mol. The lowest BCUT2D eigenvalue weighted by molar-refractivity contribution is 0.974. The number of hydrogen-bond donors (Lipinski definition) is 2. The number of benzene rings is 2. The minimum absolute atomic E-state index is 0.621. The molecule has 1 aromatic heterocycles. The summed E-state index contributed by atoms with van der Waals surface area (Å²) in [5, 5.41) is 3.31. The molecule has 0 amide bonds. The molecule has 0 atom stereocenters. The van der Waals surface area contributed by atoms with Gasteiger partial charge in [-0.1, -0.05) is 30.3 Å². The summed E-state index contributed by atoms with van der Waals surface area (Å²) in [7, 11) is 0. The van der Waals surface area contributed by atoms with Gasteiger partial charge in [0.05, 0.1) is 25.5 Å². The van der Waals surface area contributed by atoms with Gasteiger partial charge >= 0.3 is 0 Å². The SMILES string of the molecule is CC(CNC(C)=NCc1ccc(N)cc1)=NCc1cccc(-c2ncccn2)c1. The molecule has 6 heteroatoms. The molecule has 0 fully saturated rings. The molecule has 3 N–H and O–H groups in total. The van der Waals surface area contributed by atoms with Crippen molar-refractivity contribution in [1.29, 1.82) is 0 Å². The standard InChI is InChI=1S/C23H26N6/c1-17(14-28-18(2)29-15-19-7-9-22(24)10-8-19)27-16-20-5-3-6-21(13-20)23-25-11-4-12-26-23/h3-13H,14-16,24H2,1-2H3,(H,28,29). The van der Waals surface area contributed by atoms with Crippen molar-refractivity contribution in [1.82, 2.24) is 15.3 Å². The summed E-state index contributed by atoms with van der Waals surface area (Å²) in [6.07, 6.45) is 3.50. The summed E-state index contributed by atoms with van der Waals surface area (Å²) in [5.74, 6) is 1.62. The highest BCUT2D eigenvalue weighted by molar-refractivity contribution is 5.89. The minimum Gasteiger partial charge on any atom is -0.399 e. The van der Waals surface area contributed by atoms with Crippen LogP contribution in [0, 0.1) is 0 Å². The van der Waals surface area contributed by atoms with E-state index in [1.54, 1.807) is 12.4 Å². The Morgan fingerprint density at radius 2 is 1.62 bits per heavy atom. The van der Waals surface area contributed by atoms with E-state index in [-0.39, 0.29) is 0 Å². The van der Waals surface area contributed by atoms with E-state index in [1.165, 1.54) is 0 Å². The van der Waals surface area contributed by atoms with Gasteiger partial charge in [-0.2, -0.15) is 0 Å². The summed E-state index contributed by atoms with van der Waals surface area (Å²) in [5.41, 5.74) is 10.8. The minimum atomic E-state index is 0.621. The monoisotopic (exact) mass is 386 g/mol. The second kappa shape index (κ2) is 10.1. The molecule has 0 saturated carbocycles. The van der Waals surface area contributed by atoms with Gasteiger partial charge in [0.15, 0.2) is 5.82 Å². The van der Waals surface area contributed by atoms with Crippen LogP contribution in [0.4, 0.5) is 5.69 Å². The van der Waals surface area contributed by atoms with Gasteiger partial charge in [-0.05, 0) is 49.2 Å². The number of nitrogen functional groups attached to an aromatic ring is 1. The number of amidine groups is 1. The molecule has 0 radical (unpaired) electrons. The molecule has 0 unspecified atom stereocenters. The van der Waals surface area contributed by atoms with Gasteiger partial charge in [-0.15, -0.1) is 0 Å². The molecule has 0 aliphatic carbocycles. The second-order valence-electron chi connectivity index (χ2n) is 6.82. The molecule has 148 valence electrons. The third-order valence-electron chi connectivity index (χ3n) is 4.36. The molecule has 29 heavy (non-hydrogen) atoms. The molecule has 0 aliphatic heterocycles. The van der Waals surface area contributed by atoms with Crippen LogP contribution >= 0.6 is 0 Å². The Balaban J connectivity index is 1.51. The number of rotatable bonds is 7. The molecule has 0 bridgehead atoms. The average Bonchev–Trinajstić information content (AvgIpc) is 2.76. The maximum absolute atomic E-state index is 5.70. The second-order valence-corrected chi connectivity index (χ2v) is 6.82. The fourth-order valence-corrected chi connectivity index (χ4v) is 2.68. The van der Waals surface area contributed by atoms with E-state index in [2.05, 4.69) is 37.4 Å². The van der Waals surface area contributed by atoms with Gasteiger partial charge in [-0.3, -0.25) is 9.98 Å². The van der Waals surface area contributed by atoms with Crippen LogP contribution in [0.3, 0.4) is 0 Å². The zero-order valence-electron chi connectivity index (χ0n) is 16.8. The molecule has 6 nitrogen and oxygen atoms in total. The number of anilines is 1. The van der Waals surface area contributed by atoms with Gasteiger partial charge < -0.3 is 11.1 Å². The molecule has 0 spiro atoms. The highest BCUT2D eigenvalue weighted by atomic mass is 15.0. The highest BCUT2D eigenvalue weighted by Gasteiger charge is 2.01. The van der Waals surface area contributed by atoms with E-state index < -0.39 is 0 Å². The van der Waals surface area contributed by atoms with E-state index >= 15 is 0 Å². The van der Waals surface area contributed by atoms with E-state index in [9.17, 15) is 0 Å². The largest absolute Gasteiger partial charge is 0.399 e. The van der Waals surface area contributed by atoms with Gasteiger partial charge in [0, 0.05) is 29.4 Å². The lowest BCUT2D eigenvalue weighted by atomic mass is 10.1. The Kier molecular flexibility index (Phi) is 7.05. The first-order chi connectivity index (χ1) is 14.1. The van der Waals surface area contributed by atoms with Crippen LogP contribution in [-0.4, -0.2) is 28.1 Å². The Labute approximate surface area is 171 Å². The van der Waals surface area contributed by atoms with E-state index in [1.807, 2.05) is 56.3 Å². The zero-order chi connectivity index (χ0) is 20.5. The molecular weight excluding hydrogens is 360 g/mol. The van der Waals surface area contributed by atoms with Crippen LogP contribution in [0.15, 0.2) is 77.0 Å². The van der Waals surface area contributed by atoms with Crippen molar-refractivity contribution in [2.24, 2.45) is 9.98 Å². The third kappa shape index (κ3) is 6.53. The summed E-state index contributed by atoms with van der Waals surface area (Å²) in [6.45, 7) is 5.90. The van der Waals surface area contributed by atoms with Crippen LogP contribution in [0.2, 0.25) is 0 Å². The highest BCUT2D eigenvalue weighted by Crippen LogP contribution is 2.16. The number of aliphatic imine (C=N–C) groups is 2. The van der Waals surface area contributed by atoms with Crippen molar-refractivity contribution in [2.75, 3.05) is 12.3 Å². The topological polar surface area (TPSA) is 88.5 Å². The summed E-state index contributed by atoms with van der Waals surface area (Å²) in [4.78, 5) is 17.8. The summed E-state index contributed by atoms with van der Waals surface area (Å²) >= 11 is 0. The quantitative estimate of drug-likeness (QED) is 0.366. The van der Waals surface area contributed by atoms with Gasteiger partial charge in [0.25, 0.3) is 0 Å². The van der Waals surface area contributed by atoms with Crippen LogP contribution in [0.25, 0.3) is 11.4 Å². The van der Waals surface area contributed by atoms with Crippen LogP contribution in [0.1, 0.15) is 25.0 Å². The van der Waals surface area contributed by atoms with Crippen LogP contribution < -0.4 is 11.1 Å². The zero-order valence-corrected chi connectivity index (χ0v) is 16.8. The molecule has 0 aliphatic rings. The number of hydrogen-bond acceptors (Lipinski definition) is 5. The van der Waals surface area contributed by atoms with Crippen LogP contribution in [-0.2, 0) is 13.1 Å². The Morgan fingerprint density at radius 1 is 0.897 bits per heavy atom. The first kappa shape index (κ1) is 20.2. The molecule has 3 aromatic rings. The Morgan fingerprint density at radius 3 is 2.38 bits per heavy atom. The van der Waals surface area contributed by atoms with Crippen molar-refractivity contribution < 1.29 is 0 Å². The van der Waals surface area contributed by atoms with Gasteiger partial charge in [-0.25, -0.2) is 9.97 Å².